The number of aromatic nitrogens is 2. The Kier molecular flexibility index (Phi) is 9.65. The Labute approximate surface area is 223 Å². The number of imidazole rings is 1. The van der Waals surface area contributed by atoms with E-state index in [1.54, 1.807) is 0 Å². The van der Waals surface area contributed by atoms with E-state index in [1.165, 1.54) is 30.3 Å². The van der Waals surface area contributed by atoms with Gasteiger partial charge in [0.2, 0.25) is 5.91 Å². The monoisotopic (exact) mass is 503 g/mol. The predicted octanol–water partition coefficient (Wildman–Crippen LogP) is 7.21. The van der Waals surface area contributed by atoms with Crippen LogP contribution in [0.25, 0.3) is 11.0 Å². The fourth-order valence-corrected chi connectivity index (χ4v) is 5.34. The third-order valence-corrected chi connectivity index (χ3v) is 7.60. The quantitative estimate of drug-likeness (QED) is 0.266. The number of amides is 1. The maximum Gasteiger partial charge on any atom is 0.223 e. The van der Waals surface area contributed by atoms with Crippen LogP contribution in [0.3, 0.4) is 0 Å². The van der Waals surface area contributed by atoms with Crippen LogP contribution in [0.5, 0.6) is 5.75 Å². The van der Waals surface area contributed by atoms with Crippen molar-refractivity contribution < 1.29 is 9.53 Å². The van der Waals surface area contributed by atoms with E-state index < -0.39 is 0 Å². The van der Waals surface area contributed by atoms with Crippen molar-refractivity contribution in [3.63, 3.8) is 0 Å². The van der Waals surface area contributed by atoms with Crippen LogP contribution in [0.15, 0.2) is 48.5 Å². The molecule has 5 heteroatoms. The average molecular weight is 504 g/mol. The standard InChI is InChI=1S/C32H45N3O2/c1-32(2,3)26-18-20-27(21-19-26)37-24-12-23-35-29-16-10-9-15-28(29)34-30(35)17-8-5-11-22-33-31(36)25-13-6-4-7-14-25/h9-10,15-16,18-21,25H,4-8,11-14,17,22-24H2,1-3H3,(H,33,36). The summed E-state index contributed by atoms with van der Waals surface area (Å²) in [7, 11) is 0. The molecule has 0 radical (unpaired) electrons. The Morgan fingerprint density at radius 2 is 1.73 bits per heavy atom. The van der Waals surface area contributed by atoms with Gasteiger partial charge in [-0.25, -0.2) is 4.98 Å². The molecular weight excluding hydrogens is 458 g/mol. The third-order valence-electron chi connectivity index (χ3n) is 7.60. The summed E-state index contributed by atoms with van der Waals surface area (Å²) in [6.07, 6.45) is 10.9. The molecule has 1 saturated carbocycles. The van der Waals surface area contributed by atoms with Gasteiger partial charge in [-0.05, 0) is 67.3 Å². The number of aryl methyl sites for hydroxylation is 2. The van der Waals surface area contributed by atoms with E-state index in [0.29, 0.717) is 6.61 Å². The van der Waals surface area contributed by atoms with Crippen LogP contribution in [0, 0.1) is 5.92 Å². The summed E-state index contributed by atoms with van der Waals surface area (Å²) in [4.78, 5) is 17.3. The van der Waals surface area contributed by atoms with E-state index in [2.05, 4.69) is 79.2 Å². The molecule has 1 N–H and O–H groups in total. The summed E-state index contributed by atoms with van der Waals surface area (Å²) in [5.74, 6) is 2.61. The number of ether oxygens (including phenoxy) is 1. The van der Waals surface area contributed by atoms with Gasteiger partial charge >= 0.3 is 0 Å². The molecule has 2 aromatic carbocycles. The number of unbranched alkanes of at least 4 members (excludes halogenated alkanes) is 2. The second-order valence-electron chi connectivity index (χ2n) is 11.6. The van der Waals surface area contributed by atoms with E-state index in [0.717, 1.165) is 75.1 Å². The Hall–Kier alpha value is -2.82. The molecule has 37 heavy (non-hydrogen) atoms. The van der Waals surface area contributed by atoms with Crippen molar-refractivity contribution in [3.8, 4) is 5.75 Å². The van der Waals surface area contributed by atoms with Crippen molar-refractivity contribution in [1.29, 1.82) is 0 Å². The number of para-hydroxylation sites is 2. The summed E-state index contributed by atoms with van der Waals surface area (Å²) in [5, 5.41) is 3.17. The minimum absolute atomic E-state index is 0.153. The van der Waals surface area contributed by atoms with Gasteiger partial charge in [0, 0.05) is 25.4 Å². The van der Waals surface area contributed by atoms with Gasteiger partial charge in [0.1, 0.15) is 11.6 Å². The van der Waals surface area contributed by atoms with Gasteiger partial charge in [-0.1, -0.05) is 70.7 Å². The highest BCUT2D eigenvalue weighted by molar-refractivity contribution is 5.78. The lowest BCUT2D eigenvalue weighted by Crippen LogP contribution is -2.32. The number of hydrogen-bond donors (Lipinski definition) is 1. The zero-order valence-electron chi connectivity index (χ0n) is 23.1. The van der Waals surface area contributed by atoms with Gasteiger partial charge in [0.05, 0.1) is 17.6 Å². The smallest absolute Gasteiger partial charge is 0.223 e. The molecule has 1 fully saturated rings. The first-order valence-corrected chi connectivity index (χ1v) is 14.4. The predicted molar refractivity (Wildman–Crippen MR) is 152 cm³/mol. The fourth-order valence-electron chi connectivity index (χ4n) is 5.34. The largest absolute Gasteiger partial charge is 0.494 e. The minimum Gasteiger partial charge on any atom is -0.494 e. The van der Waals surface area contributed by atoms with Gasteiger partial charge in [0.25, 0.3) is 0 Å². The highest BCUT2D eigenvalue weighted by Crippen LogP contribution is 2.25. The lowest BCUT2D eigenvalue weighted by molar-refractivity contribution is -0.125. The molecule has 5 nitrogen and oxygen atoms in total. The van der Waals surface area contributed by atoms with Crippen molar-refractivity contribution in [2.45, 2.75) is 96.9 Å². The summed E-state index contributed by atoms with van der Waals surface area (Å²) < 4.78 is 8.41. The number of hydrogen-bond acceptors (Lipinski definition) is 3. The molecule has 1 amide bonds. The van der Waals surface area contributed by atoms with Gasteiger partial charge < -0.3 is 14.6 Å². The zero-order valence-corrected chi connectivity index (χ0v) is 23.1. The molecule has 200 valence electrons. The van der Waals surface area contributed by atoms with Crippen LogP contribution in [-0.2, 0) is 23.2 Å². The average Bonchev–Trinajstić information content (AvgIpc) is 3.26. The van der Waals surface area contributed by atoms with E-state index in [9.17, 15) is 4.79 Å². The molecule has 1 aromatic heterocycles. The lowest BCUT2D eigenvalue weighted by atomic mass is 9.87. The first kappa shape index (κ1) is 27.2. The number of nitrogens with zero attached hydrogens (tertiary/aromatic N) is 2. The van der Waals surface area contributed by atoms with Gasteiger partial charge in [0.15, 0.2) is 0 Å². The Morgan fingerprint density at radius 1 is 0.973 bits per heavy atom. The minimum atomic E-state index is 0.153. The highest BCUT2D eigenvalue weighted by atomic mass is 16.5. The molecule has 0 bridgehead atoms. The lowest BCUT2D eigenvalue weighted by Gasteiger charge is -2.20. The van der Waals surface area contributed by atoms with Gasteiger partial charge in [-0.2, -0.15) is 0 Å². The van der Waals surface area contributed by atoms with Crippen LogP contribution < -0.4 is 10.1 Å². The van der Waals surface area contributed by atoms with Crippen molar-refractivity contribution in [2.24, 2.45) is 5.92 Å². The normalized spacial score (nSPS) is 14.7. The fraction of sp³-hybridized carbons (Fsp3) is 0.562. The Morgan fingerprint density at radius 3 is 2.49 bits per heavy atom. The van der Waals surface area contributed by atoms with E-state index >= 15 is 0 Å². The van der Waals surface area contributed by atoms with Crippen molar-refractivity contribution in [3.05, 3.63) is 59.9 Å². The summed E-state index contributed by atoms with van der Waals surface area (Å²) in [6.45, 7) is 9.05. The number of rotatable bonds is 12. The van der Waals surface area contributed by atoms with Crippen LogP contribution in [0.1, 0.15) is 89.9 Å². The van der Waals surface area contributed by atoms with Gasteiger partial charge in [-0.15, -0.1) is 0 Å². The van der Waals surface area contributed by atoms with Crippen LogP contribution in [-0.4, -0.2) is 28.6 Å². The van der Waals surface area contributed by atoms with E-state index in [4.69, 9.17) is 9.72 Å². The van der Waals surface area contributed by atoms with Crippen LogP contribution in [0.2, 0.25) is 0 Å². The molecule has 0 aliphatic heterocycles. The maximum atomic E-state index is 12.3. The van der Waals surface area contributed by atoms with E-state index in [1.807, 2.05) is 0 Å². The zero-order chi connectivity index (χ0) is 26.1. The van der Waals surface area contributed by atoms with Crippen LogP contribution in [0.4, 0.5) is 0 Å². The van der Waals surface area contributed by atoms with Crippen LogP contribution >= 0.6 is 0 Å². The maximum absolute atomic E-state index is 12.3. The number of carbonyl (C=O) groups is 1. The molecule has 4 rings (SSSR count). The first-order valence-electron chi connectivity index (χ1n) is 14.4. The molecule has 0 atom stereocenters. The summed E-state index contributed by atoms with van der Waals surface area (Å²) in [6, 6.07) is 16.9. The SMILES string of the molecule is CC(C)(C)c1ccc(OCCCn2c(CCCCCNC(=O)C3CCCCC3)nc3ccccc32)cc1. The van der Waals surface area contributed by atoms with E-state index in [-0.39, 0.29) is 17.2 Å². The van der Waals surface area contributed by atoms with Crippen molar-refractivity contribution in [1.82, 2.24) is 14.9 Å². The summed E-state index contributed by atoms with van der Waals surface area (Å²) >= 11 is 0. The molecule has 0 spiro atoms. The van der Waals surface area contributed by atoms with Gasteiger partial charge in [-0.3, -0.25) is 4.79 Å². The molecular formula is C32H45N3O2. The molecule has 0 unspecified atom stereocenters. The molecule has 1 aliphatic rings. The first-order chi connectivity index (χ1) is 17.9. The van der Waals surface area contributed by atoms with Crippen molar-refractivity contribution >= 4 is 16.9 Å². The number of benzene rings is 2. The molecule has 0 saturated heterocycles. The number of carbonyl (C=O) groups excluding carboxylic acids is 1. The summed E-state index contributed by atoms with van der Waals surface area (Å²) in [5.41, 5.74) is 3.74. The molecule has 1 aliphatic carbocycles. The molecule has 3 aromatic rings. The Balaban J connectivity index is 1.22. The third kappa shape index (κ3) is 7.83. The number of fused-ring (bicyclic) bond motifs is 1. The van der Waals surface area contributed by atoms with Crippen molar-refractivity contribution in [2.75, 3.05) is 13.2 Å². The highest BCUT2D eigenvalue weighted by Gasteiger charge is 2.20. The topological polar surface area (TPSA) is 56.1 Å². The second-order valence-corrected chi connectivity index (χ2v) is 11.6. The second kappa shape index (κ2) is 13.1. The number of nitrogens with one attached hydrogen (secondary N) is 1. The Bertz CT molecular complexity index is 1120. The molecule has 1 heterocycles.